The molecule has 2 aromatic carbocycles. The molecule has 5 nitrogen and oxygen atoms in total. The Balaban J connectivity index is 1.60. The third-order valence-corrected chi connectivity index (χ3v) is 6.64. The number of nitrogens with zero attached hydrogens (tertiary/aromatic N) is 1. The number of hydrogen-bond donors (Lipinski definition) is 1. The molecule has 0 radical (unpaired) electrons. The zero-order valence-electron chi connectivity index (χ0n) is 15.1. The van der Waals surface area contributed by atoms with Crippen LogP contribution in [0.15, 0.2) is 64.9 Å². The molecular formula is C20H22N2O3S2. The first-order valence-electron chi connectivity index (χ1n) is 8.78. The third-order valence-electron chi connectivity index (χ3n) is 4.32. The Hall–Kier alpha value is -2.22. The first-order valence-corrected chi connectivity index (χ1v) is 11.1. The molecule has 1 amide bonds. The zero-order valence-corrected chi connectivity index (χ0v) is 16.7. The van der Waals surface area contributed by atoms with Crippen LogP contribution in [0, 0.1) is 0 Å². The van der Waals surface area contributed by atoms with Crippen molar-refractivity contribution >= 4 is 38.0 Å². The Bertz CT molecular complexity index is 1010. The second-order valence-electron chi connectivity index (χ2n) is 6.14. The van der Waals surface area contributed by atoms with Gasteiger partial charge in [-0.2, -0.15) is 0 Å². The van der Waals surface area contributed by atoms with Crippen molar-refractivity contribution in [3.05, 3.63) is 64.9 Å². The molecule has 0 fully saturated rings. The van der Waals surface area contributed by atoms with E-state index in [2.05, 4.69) is 4.72 Å². The number of thiophene rings is 1. The molecule has 142 valence electrons. The molecule has 0 unspecified atom stereocenters. The third kappa shape index (κ3) is 4.94. The van der Waals surface area contributed by atoms with E-state index in [1.54, 1.807) is 34.4 Å². The van der Waals surface area contributed by atoms with Crippen molar-refractivity contribution in [3.63, 3.8) is 0 Å². The van der Waals surface area contributed by atoms with E-state index in [-0.39, 0.29) is 23.8 Å². The van der Waals surface area contributed by atoms with Crippen LogP contribution >= 0.6 is 11.3 Å². The number of nitrogens with one attached hydrogen (secondary N) is 1. The summed E-state index contributed by atoms with van der Waals surface area (Å²) in [5.74, 6) is -0.0629. The standard InChI is InChI=1S/C20H22N2O3S2/c1-2-22(15-18-8-5-13-26-18)20(23)11-12-21-27(24,25)19-10-9-16-6-3-4-7-17(16)14-19/h3-10,13-14,21H,2,11-12,15H2,1H3. The summed E-state index contributed by atoms with van der Waals surface area (Å²) in [5, 5.41) is 3.83. The highest BCUT2D eigenvalue weighted by Gasteiger charge is 2.17. The van der Waals surface area contributed by atoms with Crippen molar-refractivity contribution in [1.29, 1.82) is 0 Å². The van der Waals surface area contributed by atoms with Crippen LogP contribution in [0.5, 0.6) is 0 Å². The minimum Gasteiger partial charge on any atom is -0.338 e. The normalized spacial score (nSPS) is 11.6. The quantitative estimate of drug-likeness (QED) is 0.626. The van der Waals surface area contributed by atoms with E-state index in [9.17, 15) is 13.2 Å². The molecule has 1 N–H and O–H groups in total. The van der Waals surface area contributed by atoms with Gasteiger partial charge in [-0.3, -0.25) is 4.79 Å². The van der Waals surface area contributed by atoms with Crippen LogP contribution < -0.4 is 4.72 Å². The van der Waals surface area contributed by atoms with Gasteiger partial charge in [0.05, 0.1) is 11.4 Å². The van der Waals surface area contributed by atoms with Crippen LogP contribution in [0.25, 0.3) is 10.8 Å². The molecule has 1 aromatic heterocycles. The maximum Gasteiger partial charge on any atom is 0.240 e. The number of amides is 1. The Morgan fingerprint density at radius 1 is 1.07 bits per heavy atom. The monoisotopic (exact) mass is 402 g/mol. The molecule has 3 rings (SSSR count). The van der Waals surface area contributed by atoms with Crippen molar-refractivity contribution in [2.75, 3.05) is 13.1 Å². The summed E-state index contributed by atoms with van der Waals surface area (Å²) >= 11 is 1.60. The topological polar surface area (TPSA) is 66.5 Å². The molecular weight excluding hydrogens is 380 g/mol. The number of carbonyl (C=O) groups is 1. The second kappa shape index (κ2) is 8.65. The average molecular weight is 403 g/mol. The molecule has 3 aromatic rings. The Morgan fingerprint density at radius 3 is 2.56 bits per heavy atom. The lowest BCUT2D eigenvalue weighted by molar-refractivity contribution is -0.131. The van der Waals surface area contributed by atoms with Gasteiger partial charge in [-0.15, -0.1) is 11.3 Å². The molecule has 0 saturated carbocycles. The molecule has 0 aliphatic heterocycles. The van der Waals surface area contributed by atoms with E-state index in [1.807, 2.05) is 48.7 Å². The highest BCUT2D eigenvalue weighted by atomic mass is 32.2. The highest BCUT2D eigenvalue weighted by Crippen LogP contribution is 2.19. The van der Waals surface area contributed by atoms with Gasteiger partial charge >= 0.3 is 0 Å². The number of sulfonamides is 1. The lowest BCUT2D eigenvalue weighted by Gasteiger charge is -2.20. The SMILES string of the molecule is CCN(Cc1cccs1)C(=O)CCNS(=O)(=O)c1ccc2ccccc2c1. The fourth-order valence-electron chi connectivity index (χ4n) is 2.84. The van der Waals surface area contributed by atoms with Crippen LogP contribution in [-0.4, -0.2) is 32.3 Å². The van der Waals surface area contributed by atoms with E-state index in [4.69, 9.17) is 0 Å². The fraction of sp³-hybridized carbons (Fsp3) is 0.250. The number of fused-ring (bicyclic) bond motifs is 1. The van der Waals surface area contributed by atoms with Gasteiger partial charge < -0.3 is 4.90 Å². The number of hydrogen-bond acceptors (Lipinski definition) is 4. The van der Waals surface area contributed by atoms with Crippen molar-refractivity contribution < 1.29 is 13.2 Å². The summed E-state index contributed by atoms with van der Waals surface area (Å²) in [4.78, 5) is 15.4. The maximum atomic E-state index is 12.5. The smallest absolute Gasteiger partial charge is 0.240 e. The second-order valence-corrected chi connectivity index (χ2v) is 8.94. The highest BCUT2D eigenvalue weighted by molar-refractivity contribution is 7.89. The van der Waals surface area contributed by atoms with Crippen LogP contribution in [0.2, 0.25) is 0 Å². The van der Waals surface area contributed by atoms with Crippen molar-refractivity contribution in [1.82, 2.24) is 9.62 Å². The maximum absolute atomic E-state index is 12.5. The minimum absolute atomic E-state index is 0.0629. The van der Waals surface area contributed by atoms with Gasteiger partial charge in [0.15, 0.2) is 0 Å². The number of benzene rings is 2. The van der Waals surface area contributed by atoms with E-state index in [0.717, 1.165) is 15.6 Å². The van der Waals surface area contributed by atoms with Crippen LogP contribution in [0.4, 0.5) is 0 Å². The Labute approximate surface area is 163 Å². The molecule has 0 bridgehead atoms. The van der Waals surface area contributed by atoms with Crippen molar-refractivity contribution in [2.45, 2.75) is 24.8 Å². The molecule has 0 atom stereocenters. The van der Waals surface area contributed by atoms with E-state index in [1.165, 1.54) is 0 Å². The average Bonchev–Trinajstić information content (AvgIpc) is 3.18. The van der Waals surface area contributed by atoms with Gasteiger partial charge in [0.1, 0.15) is 0 Å². The van der Waals surface area contributed by atoms with E-state index >= 15 is 0 Å². The lowest BCUT2D eigenvalue weighted by Crippen LogP contribution is -2.34. The molecule has 0 aliphatic rings. The fourth-order valence-corrected chi connectivity index (χ4v) is 4.62. The predicted octanol–water partition coefficient (Wildman–Crippen LogP) is 3.62. The van der Waals surface area contributed by atoms with Gasteiger partial charge in [-0.25, -0.2) is 13.1 Å². The first kappa shape index (κ1) is 19.5. The predicted molar refractivity (Wildman–Crippen MR) is 109 cm³/mol. The van der Waals surface area contributed by atoms with Gasteiger partial charge in [0.2, 0.25) is 15.9 Å². The summed E-state index contributed by atoms with van der Waals surface area (Å²) < 4.78 is 27.6. The number of carbonyl (C=O) groups excluding carboxylic acids is 1. The van der Waals surface area contributed by atoms with E-state index in [0.29, 0.717) is 13.1 Å². The van der Waals surface area contributed by atoms with Gasteiger partial charge in [0, 0.05) is 24.4 Å². The Morgan fingerprint density at radius 2 is 1.85 bits per heavy atom. The molecule has 0 aliphatic carbocycles. The largest absolute Gasteiger partial charge is 0.338 e. The zero-order chi connectivity index (χ0) is 19.3. The van der Waals surface area contributed by atoms with E-state index < -0.39 is 10.0 Å². The molecule has 0 spiro atoms. The molecule has 27 heavy (non-hydrogen) atoms. The van der Waals surface area contributed by atoms with Gasteiger partial charge in [-0.05, 0) is 41.3 Å². The Kier molecular flexibility index (Phi) is 6.26. The summed E-state index contributed by atoms with van der Waals surface area (Å²) in [5.41, 5.74) is 0. The molecule has 0 saturated heterocycles. The molecule has 7 heteroatoms. The summed E-state index contributed by atoms with van der Waals surface area (Å²) in [6, 6.07) is 16.6. The first-order chi connectivity index (χ1) is 13.0. The summed E-state index contributed by atoms with van der Waals surface area (Å²) in [6.07, 6.45) is 0.131. The van der Waals surface area contributed by atoms with Gasteiger partial charge in [-0.1, -0.05) is 36.4 Å². The van der Waals surface area contributed by atoms with Crippen molar-refractivity contribution in [2.24, 2.45) is 0 Å². The summed E-state index contributed by atoms with van der Waals surface area (Å²) in [6.45, 7) is 3.15. The van der Waals surface area contributed by atoms with Crippen LogP contribution in [-0.2, 0) is 21.4 Å². The van der Waals surface area contributed by atoms with Crippen LogP contribution in [0.3, 0.4) is 0 Å². The van der Waals surface area contributed by atoms with Gasteiger partial charge in [0.25, 0.3) is 0 Å². The number of rotatable bonds is 8. The van der Waals surface area contributed by atoms with Crippen LogP contribution in [0.1, 0.15) is 18.2 Å². The molecule has 1 heterocycles. The minimum atomic E-state index is -3.65. The van der Waals surface area contributed by atoms with Crippen molar-refractivity contribution in [3.8, 4) is 0 Å². The lowest BCUT2D eigenvalue weighted by atomic mass is 10.1. The summed E-state index contributed by atoms with van der Waals surface area (Å²) in [7, 11) is -3.65.